The van der Waals surface area contributed by atoms with Gasteiger partial charge in [-0.2, -0.15) is 8.42 Å². The second kappa shape index (κ2) is 6.19. The average Bonchev–Trinajstić information content (AvgIpc) is 2.78. The lowest BCUT2D eigenvalue weighted by Crippen LogP contribution is -2.28. The molecule has 0 spiro atoms. The van der Waals surface area contributed by atoms with E-state index in [1.807, 2.05) is 6.92 Å². The van der Waals surface area contributed by atoms with E-state index < -0.39 is 28.6 Å². The van der Waals surface area contributed by atoms with Crippen LogP contribution in [0.15, 0.2) is 29.2 Å². The van der Waals surface area contributed by atoms with Crippen molar-refractivity contribution in [3.63, 3.8) is 0 Å². The van der Waals surface area contributed by atoms with Gasteiger partial charge < -0.3 is 14.6 Å². The number of hydrogen-bond donors (Lipinski definition) is 1. The van der Waals surface area contributed by atoms with E-state index in [0.717, 1.165) is 5.56 Å². The molecular formula is C13H18O6S. The van der Waals surface area contributed by atoms with Gasteiger partial charge in [-0.15, -0.1) is 0 Å². The van der Waals surface area contributed by atoms with Crippen LogP contribution in [0.5, 0.6) is 0 Å². The smallest absolute Gasteiger partial charge is 0.297 e. The molecule has 3 atom stereocenters. The Morgan fingerprint density at radius 1 is 1.35 bits per heavy atom. The monoisotopic (exact) mass is 302 g/mol. The number of benzene rings is 1. The highest BCUT2D eigenvalue weighted by atomic mass is 32.2. The highest BCUT2D eigenvalue weighted by Gasteiger charge is 2.35. The molecule has 0 aliphatic carbocycles. The first kappa shape index (κ1) is 15.4. The van der Waals surface area contributed by atoms with Crippen molar-refractivity contribution >= 4 is 10.1 Å². The lowest BCUT2D eigenvalue weighted by Gasteiger charge is -2.14. The Morgan fingerprint density at radius 2 is 2.00 bits per heavy atom. The maximum atomic E-state index is 12.0. The van der Waals surface area contributed by atoms with Crippen molar-refractivity contribution < 1.29 is 27.2 Å². The molecule has 2 rings (SSSR count). The van der Waals surface area contributed by atoms with Crippen LogP contribution in [0.4, 0.5) is 0 Å². The summed E-state index contributed by atoms with van der Waals surface area (Å²) in [5.74, 6) is 0. The first-order valence-electron chi connectivity index (χ1n) is 6.25. The van der Waals surface area contributed by atoms with Gasteiger partial charge in [-0.25, -0.2) is 0 Å². The second-order valence-corrected chi connectivity index (χ2v) is 6.31. The SMILES string of the molecule is CO[C@@H]1C[C@H](O)[C@@H](COS(=O)(=O)c2ccc(C)cc2)O1. The van der Waals surface area contributed by atoms with Crippen LogP contribution >= 0.6 is 0 Å². The number of methoxy groups -OCH3 is 1. The van der Waals surface area contributed by atoms with Crippen LogP contribution in [-0.2, 0) is 23.8 Å². The lowest BCUT2D eigenvalue weighted by molar-refractivity contribution is -0.124. The number of ether oxygens (including phenoxy) is 2. The Morgan fingerprint density at radius 3 is 2.55 bits per heavy atom. The fourth-order valence-electron chi connectivity index (χ4n) is 1.92. The minimum atomic E-state index is -3.84. The zero-order valence-electron chi connectivity index (χ0n) is 11.4. The summed E-state index contributed by atoms with van der Waals surface area (Å²) in [6.07, 6.45) is -1.73. The average molecular weight is 302 g/mol. The molecule has 0 unspecified atom stereocenters. The van der Waals surface area contributed by atoms with Crippen LogP contribution in [0, 0.1) is 6.92 Å². The van der Waals surface area contributed by atoms with Crippen molar-refractivity contribution in [2.45, 2.75) is 36.7 Å². The summed E-state index contributed by atoms with van der Waals surface area (Å²) in [7, 11) is -2.38. The van der Waals surface area contributed by atoms with E-state index in [-0.39, 0.29) is 11.5 Å². The van der Waals surface area contributed by atoms with Gasteiger partial charge in [0.25, 0.3) is 10.1 Å². The molecule has 7 heteroatoms. The standard InChI is InChI=1S/C13H18O6S/c1-9-3-5-10(6-4-9)20(15,16)18-8-12-11(14)7-13(17-2)19-12/h3-6,11-14H,7-8H2,1-2H3/t11-,12+,13-/m0/s1. The van der Waals surface area contributed by atoms with Crippen molar-refractivity contribution in [3.8, 4) is 0 Å². The van der Waals surface area contributed by atoms with Crippen molar-refractivity contribution in [2.75, 3.05) is 13.7 Å². The molecule has 0 aromatic heterocycles. The Labute approximate surface area is 118 Å². The molecular weight excluding hydrogens is 284 g/mol. The molecule has 1 saturated heterocycles. The molecule has 0 saturated carbocycles. The van der Waals surface area contributed by atoms with E-state index in [1.54, 1.807) is 12.1 Å². The summed E-state index contributed by atoms with van der Waals surface area (Å²) in [6.45, 7) is 1.63. The van der Waals surface area contributed by atoms with Crippen LogP contribution in [0.3, 0.4) is 0 Å². The van der Waals surface area contributed by atoms with Gasteiger partial charge in [0.05, 0.1) is 17.6 Å². The third kappa shape index (κ3) is 3.56. The molecule has 1 aliphatic rings. The Kier molecular flexibility index (Phi) is 4.77. The van der Waals surface area contributed by atoms with Gasteiger partial charge in [0, 0.05) is 13.5 Å². The summed E-state index contributed by atoms with van der Waals surface area (Å²) >= 11 is 0. The summed E-state index contributed by atoms with van der Waals surface area (Å²) in [4.78, 5) is 0.0823. The molecule has 1 N–H and O–H groups in total. The van der Waals surface area contributed by atoms with Crippen LogP contribution in [0.25, 0.3) is 0 Å². The topological polar surface area (TPSA) is 82.1 Å². The lowest BCUT2D eigenvalue weighted by atomic mass is 10.2. The zero-order chi connectivity index (χ0) is 14.8. The Hall–Kier alpha value is -0.990. The molecule has 1 fully saturated rings. The van der Waals surface area contributed by atoms with Gasteiger partial charge in [0.1, 0.15) is 6.10 Å². The largest absolute Gasteiger partial charge is 0.390 e. The van der Waals surface area contributed by atoms with E-state index >= 15 is 0 Å². The summed E-state index contributed by atoms with van der Waals surface area (Å²) in [5, 5.41) is 9.71. The van der Waals surface area contributed by atoms with Gasteiger partial charge in [-0.05, 0) is 19.1 Å². The van der Waals surface area contributed by atoms with Crippen LogP contribution < -0.4 is 0 Å². The first-order chi connectivity index (χ1) is 9.42. The molecule has 0 bridgehead atoms. The van der Waals surface area contributed by atoms with Crippen LogP contribution in [0.1, 0.15) is 12.0 Å². The quantitative estimate of drug-likeness (QED) is 0.811. The number of rotatable bonds is 5. The predicted molar refractivity (Wildman–Crippen MR) is 70.6 cm³/mol. The molecule has 112 valence electrons. The second-order valence-electron chi connectivity index (χ2n) is 4.69. The van der Waals surface area contributed by atoms with Gasteiger partial charge >= 0.3 is 0 Å². The van der Waals surface area contributed by atoms with E-state index in [0.29, 0.717) is 6.42 Å². The highest BCUT2D eigenvalue weighted by Crippen LogP contribution is 2.22. The zero-order valence-corrected chi connectivity index (χ0v) is 12.2. The number of aliphatic hydroxyl groups is 1. The molecule has 0 amide bonds. The molecule has 1 aliphatic heterocycles. The normalized spacial score (nSPS) is 26.9. The molecule has 0 radical (unpaired) electrons. The van der Waals surface area contributed by atoms with Gasteiger partial charge in [-0.3, -0.25) is 4.18 Å². The molecule has 1 aromatic rings. The summed E-state index contributed by atoms with van der Waals surface area (Å²) in [6, 6.07) is 6.35. The fraction of sp³-hybridized carbons (Fsp3) is 0.538. The molecule has 1 aromatic carbocycles. The fourth-order valence-corrected chi connectivity index (χ4v) is 2.84. The summed E-state index contributed by atoms with van der Waals surface area (Å²) in [5.41, 5.74) is 0.960. The van der Waals surface area contributed by atoms with Crippen molar-refractivity contribution in [2.24, 2.45) is 0 Å². The Bertz CT molecular complexity index is 538. The third-order valence-corrected chi connectivity index (χ3v) is 4.45. The maximum absolute atomic E-state index is 12.0. The molecule has 6 nitrogen and oxygen atoms in total. The van der Waals surface area contributed by atoms with Gasteiger partial charge in [-0.1, -0.05) is 17.7 Å². The Balaban J connectivity index is 1.98. The predicted octanol–water partition coefficient (Wildman–Crippen LogP) is 0.823. The number of aliphatic hydroxyl groups excluding tert-OH is 1. The minimum Gasteiger partial charge on any atom is -0.390 e. The van der Waals surface area contributed by atoms with E-state index in [1.165, 1.54) is 19.2 Å². The number of hydrogen-bond acceptors (Lipinski definition) is 6. The van der Waals surface area contributed by atoms with Crippen LogP contribution in [-0.4, -0.2) is 45.7 Å². The summed E-state index contributed by atoms with van der Waals surface area (Å²) < 4.78 is 39.1. The van der Waals surface area contributed by atoms with Crippen molar-refractivity contribution in [1.29, 1.82) is 0 Å². The van der Waals surface area contributed by atoms with E-state index in [9.17, 15) is 13.5 Å². The highest BCUT2D eigenvalue weighted by molar-refractivity contribution is 7.86. The molecule has 1 heterocycles. The van der Waals surface area contributed by atoms with E-state index in [2.05, 4.69) is 0 Å². The third-order valence-electron chi connectivity index (χ3n) is 3.15. The van der Waals surface area contributed by atoms with Gasteiger partial charge in [0.2, 0.25) is 0 Å². The number of aryl methyl sites for hydroxylation is 1. The maximum Gasteiger partial charge on any atom is 0.297 e. The van der Waals surface area contributed by atoms with Crippen LogP contribution in [0.2, 0.25) is 0 Å². The van der Waals surface area contributed by atoms with E-state index in [4.69, 9.17) is 13.7 Å². The molecule has 20 heavy (non-hydrogen) atoms. The first-order valence-corrected chi connectivity index (χ1v) is 7.65. The minimum absolute atomic E-state index is 0.0823. The van der Waals surface area contributed by atoms with Gasteiger partial charge in [0.15, 0.2) is 6.29 Å². The van der Waals surface area contributed by atoms with Crippen molar-refractivity contribution in [1.82, 2.24) is 0 Å². The van der Waals surface area contributed by atoms with Crippen molar-refractivity contribution in [3.05, 3.63) is 29.8 Å².